The van der Waals surface area contributed by atoms with Gasteiger partial charge in [0, 0.05) is 13.1 Å². The van der Waals surface area contributed by atoms with Gasteiger partial charge in [0.1, 0.15) is 11.5 Å². The van der Waals surface area contributed by atoms with Crippen LogP contribution in [0, 0.1) is 0 Å². The van der Waals surface area contributed by atoms with E-state index in [-0.39, 0.29) is 11.9 Å². The highest BCUT2D eigenvalue weighted by Crippen LogP contribution is 2.33. The molecule has 7 heteroatoms. The van der Waals surface area contributed by atoms with Crippen LogP contribution in [-0.2, 0) is 20.4 Å². The number of thiocarbonyl (C=S) groups is 1. The highest BCUT2D eigenvalue weighted by Gasteiger charge is 2.37. The summed E-state index contributed by atoms with van der Waals surface area (Å²) < 4.78 is 11.5. The van der Waals surface area contributed by atoms with Gasteiger partial charge < -0.3 is 20.1 Å². The molecule has 0 amide bonds. The summed E-state index contributed by atoms with van der Waals surface area (Å²) in [5.74, 6) is 0.576. The Morgan fingerprint density at radius 3 is 1.22 bits per heavy atom. The SMILES string of the molecule is CC(CCCCNC(=S)NCCCCC(C)(C(=O)Oc1ccccc1)c1ccccc1)(C(=O)Oc1ccccc1)c1ccccc1. The fourth-order valence-electron chi connectivity index (χ4n) is 5.43. The normalized spacial score (nSPS) is 13.4. The van der Waals surface area contributed by atoms with E-state index in [0.717, 1.165) is 36.8 Å². The Hall–Kier alpha value is -4.49. The summed E-state index contributed by atoms with van der Waals surface area (Å²) >= 11 is 5.51. The molecule has 4 aromatic carbocycles. The van der Waals surface area contributed by atoms with E-state index in [1.807, 2.05) is 111 Å². The van der Waals surface area contributed by atoms with Crippen LogP contribution in [0.1, 0.15) is 63.5 Å². The third-order valence-corrected chi connectivity index (χ3v) is 8.70. The maximum atomic E-state index is 13.3. The maximum absolute atomic E-state index is 13.3. The van der Waals surface area contributed by atoms with Crippen LogP contribution in [0.3, 0.4) is 0 Å². The Balaban J connectivity index is 1.19. The zero-order valence-corrected chi connectivity index (χ0v) is 27.6. The van der Waals surface area contributed by atoms with Gasteiger partial charge in [0.15, 0.2) is 5.11 Å². The molecule has 240 valence electrons. The van der Waals surface area contributed by atoms with Crippen molar-refractivity contribution < 1.29 is 19.1 Å². The average Bonchev–Trinajstić information content (AvgIpc) is 3.09. The van der Waals surface area contributed by atoms with Crippen LogP contribution < -0.4 is 20.1 Å². The van der Waals surface area contributed by atoms with Crippen molar-refractivity contribution in [3.05, 3.63) is 132 Å². The van der Waals surface area contributed by atoms with Gasteiger partial charge in [-0.15, -0.1) is 0 Å². The number of rotatable bonds is 16. The molecule has 0 aliphatic rings. The average molecular weight is 637 g/mol. The Kier molecular flexibility index (Phi) is 12.9. The van der Waals surface area contributed by atoms with Crippen LogP contribution in [0.4, 0.5) is 0 Å². The molecule has 0 heterocycles. The molecule has 0 aromatic heterocycles. The van der Waals surface area contributed by atoms with E-state index in [0.29, 0.717) is 42.5 Å². The van der Waals surface area contributed by atoms with Crippen LogP contribution in [0.2, 0.25) is 0 Å². The Morgan fingerprint density at radius 1 is 0.543 bits per heavy atom. The highest BCUT2D eigenvalue weighted by atomic mass is 32.1. The highest BCUT2D eigenvalue weighted by molar-refractivity contribution is 7.80. The van der Waals surface area contributed by atoms with Crippen molar-refractivity contribution in [1.29, 1.82) is 0 Å². The first kappa shape index (κ1) is 34.4. The number of esters is 2. The molecule has 0 radical (unpaired) electrons. The largest absolute Gasteiger partial charge is 0.426 e. The van der Waals surface area contributed by atoms with Crippen molar-refractivity contribution in [3.63, 3.8) is 0 Å². The molecule has 2 atom stereocenters. The first-order valence-corrected chi connectivity index (χ1v) is 16.4. The monoisotopic (exact) mass is 636 g/mol. The second-order valence-electron chi connectivity index (χ2n) is 11.9. The zero-order chi connectivity index (χ0) is 32.7. The van der Waals surface area contributed by atoms with Crippen molar-refractivity contribution >= 4 is 29.3 Å². The fourth-order valence-corrected chi connectivity index (χ4v) is 5.63. The van der Waals surface area contributed by atoms with Crippen LogP contribution >= 0.6 is 12.2 Å². The zero-order valence-electron chi connectivity index (χ0n) is 26.7. The minimum atomic E-state index is -0.766. The molecule has 6 nitrogen and oxygen atoms in total. The van der Waals surface area contributed by atoms with E-state index in [9.17, 15) is 9.59 Å². The van der Waals surface area contributed by atoms with E-state index in [2.05, 4.69) is 10.6 Å². The van der Waals surface area contributed by atoms with Crippen LogP contribution in [0.25, 0.3) is 0 Å². The molecular formula is C39H44N2O4S. The third-order valence-electron chi connectivity index (χ3n) is 8.41. The Bertz CT molecular complexity index is 1400. The molecule has 4 aromatic rings. The number of para-hydroxylation sites is 2. The smallest absolute Gasteiger partial charge is 0.321 e. The Morgan fingerprint density at radius 2 is 0.870 bits per heavy atom. The van der Waals surface area contributed by atoms with Gasteiger partial charge in [-0.2, -0.15) is 0 Å². The van der Waals surface area contributed by atoms with E-state index < -0.39 is 10.8 Å². The molecule has 2 N–H and O–H groups in total. The number of ether oxygens (including phenoxy) is 2. The van der Waals surface area contributed by atoms with Gasteiger partial charge in [0.05, 0.1) is 10.8 Å². The number of benzene rings is 4. The van der Waals surface area contributed by atoms with E-state index in [1.54, 1.807) is 24.3 Å². The van der Waals surface area contributed by atoms with Crippen LogP contribution in [0.5, 0.6) is 11.5 Å². The maximum Gasteiger partial charge on any atom is 0.321 e. The van der Waals surface area contributed by atoms with Crippen molar-refractivity contribution in [2.75, 3.05) is 13.1 Å². The van der Waals surface area contributed by atoms with Gasteiger partial charge in [0.2, 0.25) is 0 Å². The summed E-state index contributed by atoms with van der Waals surface area (Å²) in [4.78, 5) is 26.7. The predicted molar refractivity (Wildman–Crippen MR) is 188 cm³/mol. The predicted octanol–water partition coefficient (Wildman–Crippen LogP) is 7.92. The van der Waals surface area contributed by atoms with E-state index in [1.165, 1.54) is 0 Å². The molecule has 0 fully saturated rings. The number of unbranched alkanes of at least 4 members (excludes halogenated alkanes) is 2. The summed E-state index contributed by atoms with van der Waals surface area (Å²) in [6.07, 6.45) is 4.64. The Labute approximate surface area is 278 Å². The minimum absolute atomic E-state index is 0.258. The molecule has 46 heavy (non-hydrogen) atoms. The van der Waals surface area contributed by atoms with Crippen molar-refractivity contribution in [3.8, 4) is 11.5 Å². The number of hydrogen-bond acceptors (Lipinski definition) is 5. The first-order valence-electron chi connectivity index (χ1n) is 16.0. The fraction of sp³-hybridized carbons (Fsp3) is 0.308. The third kappa shape index (κ3) is 9.75. The molecule has 0 bridgehead atoms. The lowest BCUT2D eigenvalue weighted by Crippen LogP contribution is -2.38. The van der Waals surface area contributed by atoms with Crippen molar-refractivity contribution in [2.45, 2.75) is 63.2 Å². The summed E-state index contributed by atoms with van der Waals surface area (Å²) in [5, 5.41) is 7.17. The molecule has 0 spiro atoms. The van der Waals surface area contributed by atoms with Crippen molar-refractivity contribution in [1.82, 2.24) is 10.6 Å². The number of carbonyl (C=O) groups is 2. The lowest BCUT2D eigenvalue weighted by atomic mass is 9.78. The molecule has 0 aliphatic carbocycles. The topological polar surface area (TPSA) is 76.7 Å². The van der Waals surface area contributed by atoms with Crippen LogP contribution in [0.15, 0.2) is 121 Å². The molecule has 0 saturated heterocycles. The summed E-state index contributed by atoms with van der Waals surface area (Å²) in [5.41, 5.74) is 0.352. The van der Waals surface area contributed by atoms with Gasteiger partial charge in [-0.1, -0.05) is 110 Å². The second-order valence-corrected chi connectivity index (χ2v) is 12.3. The number of nitrogens with one attached hydrogen (secondary N) is 2. The summed E-state index contributed by atoms with van der Waals surface area (Å²) in [6, 6.07) is 38.0. The molecule has 0 saturated carbocycles. The van der Waals surface area contributed by atoms with Gasteiger partial charge >= 0.3 is 11.9 Å². The van der Waals surface area contributed by atoms with Gasteiger partial charge in [0.25, 0.3) is 0 Å². The standard InChI is InChI=1S/C39H44N2O4S/c1-38(31-19-7-3-8-20-31,35(42)44-33-23-11-5-12-24-33)27-15-17-29-40-37(46)41-30-18-16-28-39(2,32-21-9-4-10-22-32)36(43)45-34-25-13-6-14-26-34/h3-14,19-26H,15-18,27-30H2,1-2H3,(H2,40,41,46). The number of carbonyl (C=O) groups excluding carboxylic acids is 2. The van der Waals surface area contributed by atoms with Crippen molar-refractivity contribution in [2.24, 2.45) is 0 Å². The quantitative estimate of drug-likeness (QED) is 0.0560. The first-order chi connectivity index (χ1) is 22.3. The molecule has 0 aliphatic heterocycles. The summed E-state index contributed by atoms with van der Waals surface area (Å²) in [6.45, 7) is 5.30. The van der Waals surface area contributed by atoms with Gasteiger partial charge in [-0.3, -0.25) is 9.59 Å². The second kappa shape index (κ2) is 17.3. The van der Waals surface area contributed by atoms with Gasteiger partial charge in [-0.25, -0.2) is 0 Å². The van der Waals surface area contributed by atoms with E-state index >= 15 is 0 Å². The number of hydrogen-bond donors (Lipinski definition) is 2. The molecule has 2 unspecified atom stereocenters. The van der Waals surface area contributed by atoms with Gasteiger partial charge in [-0.05, 0) is 87.1 Å². The molecular weight excluding hydrogens is 593 g/mol. The molecule has 4 rings (SSSR count). The lowest BCUT2D eigenvalue weighted by Gasteiger charge is -2.28. The van der Waals surface area contributed by atoms with Crippen LogP contribution in [-0.4, -0.2) is 30.1 Å². The minimum Gasteiger partial charge on any atom is -0.426 e. The van der Waals surface area contributed by atoms with E-state index in [4.69, 9.17) is 21.7 Å². The summed E-state index contributed by atoms with van der Waals surface area (Å²) in [7, 11) is 0. The lowest BCUT2D eigenvalue weighted by molar-refractivity contribution is -0.141.